The van der Waals surface area contributed by atoms with E-state index in [0.29, 0.717) is 43.8 Å². The van der Waals surface area contributed by atoms with E-state index in [-0.39, 0.29) is 35.9 Å². The highest BCUT2D eigenvalue weighted by Crippen LogP contribution is 2.37. The Morgan fingerprint density at radius 1 is 0.891 bits per heavy atom. The fraction of sp³-hybridized carbons (Fsp3) is 0.586. The first-order chi connectivity index (χ1) is 21.3. The zero-order chi connectivity index (χ0) is 34.4. The van der Waals surface area contributed by atoms with Crippen molar-refractivity contribution in [2.24, 2.45) is 23.4 Å². The zero-order valence-corrected chi connectivity index (χ0v) is 25.4. The highest BCUT2D eigenvalue weighted by molar-refractivity contribution is 5.72. The number of nitrogens with two attached hydrogens (primary N) is 2. The van der Waals surface area contributed by atoms with Crippen molar-refractivity contribution in [1.29, 1.82) is 0 Å². The van der Waals surface area contributed by atoms with Crippen LogP contribution in [-0.4, -0.2) is 52.5 Å². The predicted octanol–water partition coefficient (Wildman–Crippen LogP) is 5.49. The number of halogens is 9. The minimum absolute atomic E-state index is 0.00177. The first kappa shape index (κ1) is 37.2. The van der Waals surface area contributed by atoms with Crippen molar-refractivity contribution in [2.45, 2.75) is 70.6 Å². The van der Waals surface area contributed by atoms with Crippen molar-refractivity contribution in [3.63, 3.8) is 0 Å². The summed E-state index contributed by atoms with van der Waals surface area (Å²) in [7, 11) is 1.31. The van der Waals surface area contributed by atoms with Crippen LogP contribution in [0.4, 0.5) is 45.3 Å². The SMILES string of the molecule is CCN(CC1CCC(CCO)CC1)c1ncc(C(F)(F)F)cc1C[N+](Cc1cc(C(F)(F)F)cc(C(F)(F)F)c1)=C(N)NN(C)N. The van der Waals surface area contributed by atoms with Gasteiger partial charge in [0.05, 0.1) is 29.8 Å². The van der Waals surface area contributed by atoms with Gasteiger partial charge >= 0.3 is 24.5 Å². The van der Waals surface area contributed by atoms with Gasteiger partial charge in [-0.25, -0.2) is 10.8 Å². The lowest BCUT2D eigenvalue weighted by Crippen LogP contribution is -2.51. The van der Waals surface area contributed by atoms with Crippen LogP contribution in [0.2, 0.25) is 0 Å². The molecule has 1 aromatic heterocycles. The van der Waals surface area contributed by atoms with Crippen molar-refractivity contribution in [3.8, 4) is 0 Å². The minimum atomic E-state index is -5.11. The highest BCUT2D eigenvalue weighted by Gasteiger charge is 2.37. The summed E-state index contributed by atoms with van der Waals surface area (Å²) in [6.07, 6.45) is -10.2. The summed E-state index contributed by atoms with van der Waals surface area (Å²) in [5, 5.41) is 10.1. The maximum atomic E-state index is 13.8. The van der Waals surface area contributed by atoms with E-state index in [4.69, 9.17) is 11.6 Å². The molecular weight excluding hydrogens is 633 g/mol. The molecule has 1 fully saturated rings. The number of hydrogen-bond donors (Lipinski definition) is 4. The molecule has 0 atom stereocenters. The van der Waals surface area contributed by atoms with Gasteiger partial charge in [0, 0.05) is 38.5 Å². The van der Waals surface area contributed by atoms with Crippen LogP contribution >= 0.6 is 0 Å². The third-order valence-electron chi connectivity index (χ3n) is 7.95. The van der Waals surface area contributed by atoms with Crippen LogP contribution in [0.5, 0.6) is 0 Å². The Labute approximate surface area is 260 Å². The molecule has 1 saturated carbocycles. The number of hydrogen-bond acceptors (Lipinski definition) is 5. The van der Waals surface area contributed by atoms with E-state index in [0.717, 1.165) is 41.4 Å². The van der Waals surface area contributed by atoms with Gasteiger partial charge in [-0.2, -0.15) is 44.9 Å². The van der Waals surface area contributed by atoms with E-state index in [1.807, 2.05) is 0 Å². The molecule has 0 bridgehead atoms. The van der Waals surface area contributed by atoms with Gasteiger partial charge in [0.2, 0.25) is 0 Å². The summed E-state index contributed by atoms with van der Waals surface area (Å²) in [5.74, 6) is 6.02. The van der Waals surface area contributed by atoms with Crippen LogP contribution in [0.15, 0.2) is 30.5 Å². The van der Waals surface area contributed by atoms with Gasteiger partial charge in [-0.05, 0) is 67.9 Å². The van der Waals surface area contributed by atoms with Crippen molar-refractivity contribution < 1.29 is 49.2 Å². The van der Waals surface area contributed by atoms with Crippen molar-refractivity contribution in [3.05, 3.63) is 58.3 Å². The molecule has 1 aromatic carbocycles. The van der Waals surface area contributed by atoms with Gasteiger partial charge in [0.1, 0.15) is 5.82 Å². The van der Waals surface area contributed by atoms with Gasteiger partial charge in [-0.1, -0.05) is 12.8 Å². The molecule has 2 aromatic rings. The maximum Gasteiger partial charge on any atom is 0.417 e. The maximum absolute atomic E-state index is 13.8. The average molecular weight is 673 g/mol. The fourth-order valence-corrected chi connectivity index (χ4v) is 5.64. The van der Waals surface area contributed by atoms with E-state index < -0.39 is 53.9 Å². The lowest BCUT2D eigenvalue weighted by molar-refractivity contribution is -0.563. The molecule has 17 heteroatoms. The molecule has 8 nitrogen and oxygen atoms in total. The van der Waals surface area contributed by atoms with Crippen LogP contribution < -0.4 is 21.9 Å². The molecule has 1 heterocycles. The Hall–Kier alpha value is -3.31. The van der Waals surface area contributed by atoms with Crippen LogP contribution in [0.3, 0.4) is 0 Å². The second-order valence-corrected chi connectivity index (χ2v) is 11.5. The lowest BCUT2D eigenvalue weighted by atomic mass is 9.80. The number of guanidine groups is 1. The smallest absolute Gasteiger partial charge is 0.396 e. The predicted molar refractivity (Wildman–Crippen MR) is 153 cm³/mol. The summed E-state index contributed by atoms with van der Waals surface area (Å²) >= 11 is 0. The molecule has 0 saturated heterocycles. The number of aliphatic hydroxyl groups is 1. The quantitative estimate of drug-likeness (QED) is 0.0625. The van der Waals surface area contributed by atoms with Crippen LogP contribution in [0.25, 0.3) is 0 Å². The molecule has 258 valence electrons. The summed E-state index contributed by atoms with van der Waals surface area (Å²) in [5.41, 5.74) is 3.96. The zero-order valence-electron chi connectivity index (χ0n) is 25.4. The molecule has 6 N–H and O–H groups in total. The number of benzene rings is 1. The number of hydrazine groups is 2. The molecule has 0 radical (unpaired) electrons. The van der Waals surface area contributed by atoms with Gasteiger partial charge < -0.3 is 10.0 Å². The molecule has 0 amide bonds. The number of nitrogens with zero attached hydrogens (tertiary/aromatic N) is 4. The Morgan fingerprint density at radius 2 is 1.43 bits per heavy atom. The number of aromatic nitrogens is 1. The Bertz CT molecular complexity index is 1300. The lowest BCUT2D eigenvalue weighted by Gasteiger charge is -2.33. The van der Waals surface area contributed by atoms with E-state index in [2.05, 4.69) is 10.4 Å². The molecule has 3 rings (SSSR count). The number of anilines is 1. The molecule has 1 aliphatic carbocycles. The first-order valence-electron chi connectivity index (χ1n) is 14.6. The first-order valence-corrected chi connectivity index (χ1v) is 14.6. The van der Waals surface area contributed by atoms with Crippen molar-refractivity contribution in [2.75, 3.05) is 31.6 Å². The van der Waals surface area contributed by atoms with Crippen LogP contribution in [-0.2, 0) is 31.6 Å². The monoisotopic (exact) mass is 672 g/mol. The Kier molecular flexibility index (Phi) is 12.2. The third kappa shape index (κ3) is 10.4. The molecule has 0 aliphatic heterocycles. The Morgan fingerprint density at radius 3 is 1.91 bits per heavy atom. The normalized spacial score (nSPS) is 18.5. The van der Waals surface area contributed by atoms with Gasteiger partial charge in [-0.15, -0.1) is 5.12 Å². The van der Waals surface area contributed by atoms with E-state index in [1.54, 1.807) is 11.8 Å². The largest absolute Gasteiger partial charge is 0.417 e. The summed E-state index contributed by atoms with van der Waals surface area (Å²) < 4.78 is 124. The van der Waals surface area contributed by atoms with Crippen LogP contribution in [0.1, 0.15) is 66.8 Å². The van der Waals surface area contributed by atoms with E-state index in [1.165, 1.54) is 7.05 Å². The number of nitrogens with one attached hydrogen (secondary N) is 1. The second-order valence-electron chi connectivity index (χ2n) is 11.5. The Balaban J connectivity index is 2.07. The van der Waals surface area contributed by atoms with E-state index >= 15 is 0 Å². The van der Waals surface area contributed by atoms with Crippen LogP contribution in [0, 0.1) is 11.8 Å². The van der Waals surface area contributed by atoms with Gasteiger partial charge in [0.15, 0.2) is 0 Å². The van der Waals surface area contributed by atoms with Gasteiger partial charge in [-0.3, -0.25) is 10.3 Å². The minimum Gasteiger partial charge on any atom is -0.396 e. The summed E-state index contributed by atoms with van der Waals surface area (Å²) in [6.45, 7) is 1.57. The fourth-order valence-electron chi connectivity index (χ4n) is 5.64. The highest BCUT2D eigenvalue weighted by atomic mass is 19.4. The number of aliphatic hydroxyl groups excluding tert-OH is 1. The van der Waals surface area contributed by atoms with E-state index in [9.17, 15) is 44.6 Å². The second kappa shape index (κ2) is 15.1. The molecule has 0 unspecified atom stereocenters. The number of alkyl halides is 9. The molecular formula is C29H39F9N7O+. The summed E-state index contributed by atoms with van der Waals surface area (Å²) in [4.78, 5) is 5.94. The topological polar surface area (TPSA) is 107 Å². The van der Waals surface area contributed by atoms with Gasteiger partial charge in [0.25, 0.3) is 0 Å². The summed E-state index contributed by atoms with van der Waals surface area (Å²) in [6, 6.07) is 1.89. The molecule has 0 spiro atoms. The standard InChI is InChI=1S/C29H38F9N7O/c1-3-44(15-19-6-4-18(5-7-19)8-9-46)25-21(12-24(14-41-25)29(36,37)38)17-45(26(39)42-43(2)40)16-20-10-22(27(30,31)32)13-23(11-20)28(33,34)35/h10-14,18-19,46H,3-9,15-17,40H2,1-2H3,(H2,39,42)/p+1. The number of pyridine rings is 1. The van der Waals surface area contributed by atoms with Crippen molar-refractivity contribution in [1.82, 2.24) is 15.5 Å². The number of rotatable bonds is 11. The molecule has 46 heavy (non-hydrogen) atoms. The third-order valence-corrected chi connectivity index (χ3v) is 7.95. The van der Waals surface area contributed by atoms with Crippen molar-refractivity contribution >= 4 is 11.8 Å². The molecule has 1 aliphatic rings. The average Bonchev–Trinajstić information content (AvgIpc) is 2.95.